The van der Waals surface area contributed by atoms with Crippen molar-refractivity contribution >= 4 is 17.9 Å². The highest BCUT2D eigenvalue weighted by Crippen LogP contribution is 2.31. The first kappa shape index (κ1) is 26.4. The fraction of sp³-hybridized carbons (Fsp3) is 0.269. The van der Waals surface area contributed by atoms with E-state index in [2.05, 4.69) is 10.0 Å². The molecule has 35 heavy (non-hydrogen) atoms. The Bertz CT molecular complexity index is 1120. The summed E-state index contributed by atoms with van der Waals surface area (Å²) < 4.78 is 52.1. The monoisotopic (exact) mass is 504 g/mol. The largest absolute Gasteiger partial charge is 0.493 e. The van der Waals surface area contributed by atoms with E-state index in [1.54, 1.807) is 38.5 Å². The van der Waals surface area contributed by atoms with Crippen molar-refractivity contribution in [2.45, 2.75) is 18.6 Å². The summed E-state index contributed by atoms with van der Waals surface area (Å²) in [5.41, 5.74) is 2.49. The number of alkyl halides is 3. The van der Waals surface area contributed by atoms with E-state index in [-0.39, 0.29) is 5.91 Å². The zero-order valence-corrected chi connectivity index (χ0v) is 20.4. The Kier molecular flexibility index (Phi) is 9.06. The number of nitrogens with one attached hydrogen (secondary N) is 2. The summed E-state index contributed by atoms with van der Waals surface area (Å²) in [6, 6.07) is 17.2. The molecule has 0 bridgehead atoms. The summed E-state index contributed by atoms with van der Waals surface area (Å²) >= 11 is 1.33. The third-order valence-electron chi connectivity index (χ3n) is 5.45. The zero-order chi connectivity index (χ0) is 25.4. The minimum absolute atomic E-state index is 0.179. The van der Waals surface area contributed by atoms with Crippen molar-refractivity contribution in [3.8, 4) is 22.6 Å². The number of carbonyl (C=O) groups excluding carboxylic acids is 1. The molecule has 186 valence electrons. The highest BCUT2D eigenvalue weighted by Gasteiger charge is 2.30. The van der Waals surface area contributed by atoms with Gasteiger partial charge in [-0.25, -0.2) is 4.72 Å². The normalized spacial score (nSPS) is 12.2. The van der Waals surface area contributed by atoms with Crippen LogP contribution in [0.25, 0.3) is 11.1 Å². The maximum Gasteiger partial charge on any atom is 0.416 e. The number of halogens is 3. The molecule has 0 aliphatic heterocycles. The van der Waals surface area contributed by atoms with Gasteiger partial charge in [0, 0.05) is 6.54 Å². The van der Waals surface area contributed by atoms with Gasteiger partial charge in [-0.1, -0.05) is 54.4 Å². The minimum Gasteiger partial charge on any atom is -0.493 e. The Balaban J connectivity index is 1.65. The van der Waals surface area contributed by atoms with E-state index < -0.39 is 17.8 Å². The average molecular weight is 505 g/mol. The maximum atomic E-state index is 12.9. The lowest BCUT2D eigenvalue weighted by Gasteiger charge is -2.18. The van der Waals surface area contributed by atoms with Crippen molar-refractivity contribution in [1.82, 2.24) is 10.0 Å². The molecule has 0 radical (unpaired) electrons. The topological polar surface area (TPSA) is 59.6 Å². The SMILES string of the molecule is COc1ccc(CCNC(=O)C(NSC)c2ccc(-c3ccc(C(F)(F)F)cc3)cc2)cc1OC. The van der Waals surface area contributed by atoms with E-state index in [0.717, 1.165) is 28.8 Å². The number of ether oxygens (including phenoxy) is 2. The van der Waals surface area contributed by atoms with Gasteiger partial charge >= 0.3 is 6.18 Å². The molecule has 0 aliphatic carbocycles. The summed E-state index contributed by atoms with van der Waals surface area (Å²) in [5, 5.41) is 2.95. The Morgan fingerprint density at radius 1 is 0.914 bits per heavy atom. The molecule has 5 nitrogen and oxygen atoms in total. The molecule has 0 saturated heterocycles. The Hall–Kier alpha value is -3.17. The lowest BCUT2D eigenvalue weighted by Crippen LogP contribution is -2.36. The Labute approximate surface area is 207 Å². The van der Waals surface area contributed by atoms with Gasteiger partial charge in [0.05, 0.1) is 19.8 Å². The minimum atomic E-state index is -4.37. The quantitative estimate of drug-likeness (QED) is 0.349. The van der Waals surface area contributed by atoms with Gasteiger partial charge < -0.3 is 14.8 Å². The van der Waals surface area contributed by atoms with Gasteiger partial charge in [0.1, 0.15) is 6.04 Å². The molecule has 9 heteroatoms. The lowest BCUT2D eigenvalue weighted by atomic mass is 9.99. The average Bonchev–Trinajstić information content (AvgIpc) is 2.86. The highest BCUT2D eigenvalue weighted by atomic mass is 32.2. The number of hydrogen-bond donors (Lipinski definition) is 2. The number of benzene rings is 3. The molecule has 3 rings (SSSR count). The second kappa shape index (κ2) is 12.0. The van der Waals surface area contributed by atoms with Crippen LogP contribution >= 0.6 is 11.9 Å². The number of carbonyl (C=O) groups is 1. The summed E-state index contributed by atoms with van der Waals surface area (Å²) in [5.74, 6) is 1.10. The van der Waals surface area contributed by atoms with Crippen LogP contribution in [0.1, 0.15) is 22.7 Å². The molecule has 2 N–H and O–H groups in total. The third kappa shape index (κ3) is 6.93. The van der Waals surface area contributed by atoms with Crippen LogP contribution in [0.5, 0.6) is 11.5 Å². The molecule has 1 atom stereocenters. The Morgan fingerprint density at radius 3 is 2.06 bits per heavy atom. The van der Waals surface area contributed by atoms with Crippen molar-refractivity contribution in [1.29, 1.82) is 0 Å². The zero-order valence-electron chi connectivity index (χ0n) is 19.6. The molecule has 0 fully saturated rings. The van der Waals surface area contributed by atoms with Crippen LogP contribution in [0.4, 0.5) is 13.2 Å². The standard InChI is InChI=1S/C26H27F3N2O3S/c1-33-22-13-4-17(16-23(22)34-2)14-15-30-25(32)24(31-35-3)20-7-5-18(6-8-20)19-9-11-21(12-10-19)26(27,28)29/h4-13,16,24,31H,14-15H2,1-3H3,(H,30,32). The summed E-state index contributed by atoms with van der Waals surface area (Å²) in [6.45, 7) is 0.435. The van der Waals surface area contributed by atoms with Crippen LogP contribution in [0.15, 0.2) is 66.7 Å². The number of rotatable bonds is 10. The molecule has 0 saturated carbocycles. The molecule has 1 amide bonds. The molecule has 3 aromatic carbocycles. The fourth-order valence-corrected chi connectivity index (χ4v) is 4.06. The van der Waals surface area contributed by atoms with Crippen LogP contribution in [0, 0.1) is 0 Å². The van der Waals surface area contributed by atoms with Gasteiger partial charge in [-0.3, -0.25) is 4.79 Å². The molecule has 3 aromatic rings. The van der Waals surface area contributed by atoms with Crippen molar-refractivity contribution in [2.24, 2.45) is 0 Å². The van der Waals surface area contributed by atoms with Crippen LogP contribution in [0.3, 0.4) is 0 Å². The molecule has 0 aromatic heterocycles. The van der Waals surface area contributed by atoms with E-state index in [1.807, 2.05) is 24.5 Å². The first-order valence-corrected chi connectivity index (χ1v) is 12.0. The predicted molar refractivity (Wildman–Crippen MR) is 133 cm³/mol. The van der Waals surface area contributed by atoms with Crippen LogP contribution < -0.4 is 19.5 Å². The van der Waals surface area contributed by atoms with Gasteiger partial charge in [-0.2, -0.15) is 13.2 Å². The second-order valence-electron chi connectivity index (χ2n) is 7.68. The smallest absolute Gasteiger partial charge is 0.416 e. The van der Waals surface area contributed by atoms with Gasteiger partial charge in [-0.05, 0) is 59.2 Å². The Morgan fingerprint density at radius 2 is 1.51 bits per heavy atom. The molecule has 1 unspecified atom stereocenters. The van der Waals surface area contributed by atoms with Crippen molar-refractivity contribution in [2.75, 3.05) is 27.0 Å². The number of amides is 1. The van der Waals surface area contributed by atoms with E-state index in [0.29, 0.717) is 30.0 Å². The van der Waals surface area contributed by atoms with Gasteiger partial charge in [0.25, 0.3) is 0 Å². The summed E-state index contributed by atoms with van der Waals surface area (Å²) in [6.07, 6.45) is -1.92. The number of methoxy groups -OCH3 is 2. The first-order valence-electron chi connectivity index (χ1n) is 10.8. The van der Waals surface area contributed by atoms with Gasteiger partial charge in [0.2, 0.25) is 5.91 Å². The van der Waals surface area contributed by atoms with E-state index in [1.165, 1.54) is 24.1 Å². The molecular weight excluding hydrogens is 477 g/mol. The lowest BCUT2D eigenvalue weighted by molar-refractivity contribution is -0.137. The molecule has 0 aliphatic rings. The van der Waals surface area contributed by atoms with Crippen molar-refractivity contribution in [3.63, 3.8) is 0 Å². The molecule has 0 heterocycles. The molecular formula is C26H27F3N2O3S. The van der Waals surface area contributed by atoms with Crippen LogP contribution in [0.2, 0.25) is 0 Å². The maximum absolute atomic E-state index is 12.9. The summed E-state index contributed by atoms with van der Waals surface area (Å²) in [4.78, 5) is 12.9. The van der Waals surface area contributed by atoms with Gasteiger partial charge in [0.15, 0.2) is 11.5 Å². The fourth-order valence-electron chi connectivity index (χ4n) is 3.58. The predicted octanol–water partition coefficient (Wildman–Crippen LogP) is 5.66. The van der Waals surface area contributed by atoms with E-state index >= 15 is 0 Å². The van der Waals surface area contributed by atoms with Crippen LogP contribution in [-0.4, -0.2) is 32.9 Å². The van der Waals surface area contributed by atoms with Crippen molar-refractivity contribution in [3.05, 3.63) is 83.4 Å². The summed E-state index contributed by atoms with van der Waals surface area (Å²) in [7, 11) is 3.15. The van der Waals surface area contributed by atoms with E-state index in [9.17, 15) is 18.0 Å². The van der Waals surface area contributed by atoms with E-state index in [4.69, 9.17) is 9.47 Å². The third-order valence-corrected chi connectivity index (χ3v) is 5.92. The second-order valence-corrected chi connectivity index (χ2v) is 8.33. The highest BCUT2D eigenvalue weighted by molar-refractivity contribution is 7.96. The first-order chi connectivity index (χ1) is 16.8. The van der Waals surface area contributed by atoms with Crippen LogP contribution in [-0.2, 0) is 17.4 Å². The molecule has 0 spiro atoms. The number of hydrogen-bond acceptors (Lipinski definition) is 5. The van der Waals surface area contributed by atoms with Gasteiger partial charge in [-0.15, -0.1) is 0 Å². The van der Waals surface area contributed by atoms with Crippen molar-refractivity contribution < 1.29 is 27.4 Å².